The van der Waals surface area contributed by atoms with Crippen LogP contribution in [-0.2, 0) is 20.8 Å². The molecule has 0 radical (unpaired) electrons. The Hall–Kier alpha value is -2.38. The SMILES string of the molecule is CCCCCCCCC(=O)C[C@H](C(=O)N1C[C@H](O)C[C@H]1C(=O)CCc1ccc(-c2scnc2C)cc1)C(C)(C)C. The molecule has 0 spiro atoms. The fourth-order valence-electron chi connectivity index (χ4n) is 5.59. The van der Waals surface area contributed by atoms with Gasteiger partial charge in [-0.1, -0.05) is 84.1 Å². The summed E-state index contributed by atoms with van der Waals surface area (Å²) in [4.78, 5) is 47.0. The van der Waals surface area contributed by atoms with Gasteiger partial charge in [0.2, 0.25) is 5.91 Å². The minimum atomic E-state index is -0.723. The molecule has 0 unspecified atom stereocenters. The Morgan fingerprint density at radius 2 is 1.73 bits per heavy atom. The Morgan fingerprint density at radius 3 is 2.35 bits per heavy atom. The van der Waals surface area contributed by atoms with E-state index in [4.69, 9.17) is 0 Å². The fourth-order valence-corrected chi connectivity index (χ4v) is 6.41. The number of nitrogens with zero attached hydrogens (tertiary/aromatic N) is 2. The Morgan fingerprint density at radius 1 is 1.05 bits per heavy atom. The van der Waals surface area contributed by atoms with Crippen LogP contribution in [0.3, 0.4) is 0 Å². The summed E-state index contributed by atoms with van der Waals surface area (Å²) >= 11 is 1.61. The van der Waals surface area contributed by atoms with Crippen LogP contribution in [-0.4, -0.2) is 51.2 Å². The van der Waals surface area contributed by atoms with Crippen molar-refractivity contribution in [3.63, 3.8) is 0 Å². The number of unbranched alkanes of at least 4 members (excludes halogenated alkanes) is 5. The molecule has 220 valence electrons. The van der Waals surface area contributed by atoms with Crippen molar-refractivity contribution in [2.75, 3.05) is 6.54 Å². The third kappa shape index (κ3) is 9.07. The van der Waals surface area contributed by atoms with E-state index < -0.39 is 23.5 Å². The van der Waals surface area contributed by atoms with Crippen LogP contribution in [0.4, 0.5) is 0 Å². The van der Waals surface area contributed by atoms with Gasteiger partial charge in [-0.15, -0.1) is 11.3 Å². The molecule has 40 heavy (non-hydrogen) atoms. The smallest absolute Gasteiger partial charge is 0.227 e. The normalized spacial score (nSPS) is 18.2. The van der Waals surface area contributed by atoms with E-state index >= 15 is 0 Å². The molecule has 3 rings (SSSR count). The molecule has 1 aliphatic heterocycles. The molecular weight excluding hydrogens is 520 g/mol. The van der Waals surface area contributed by atoms with Crippen molar-refractivity contribution < 1.29 is 19.5 Å². The van der Waals surface area contributed by atoms with E-state index in [1.807, 2.05) is 45.3 Å². The minimum Gasteiger partial charge on any atom is -0.391 e. The van der Waals surface area contributed by atoms with Gasteiger partial charge >= 0.3 is 0 Å². The average molecular weight is 569 g/mol. The van der Waals surface area contributed by atoms with Gasteiger partial charge in [0.15, 0.2) is 5.78 Å². The van der Waals surface area contributed by atoms with E-state index in [1.165, 1.54) is 19.3 Å². The molecule has 2 aromatic rings. The van der Waals surface area contributed by atoms with Gasteiger partial charge in [0.1, 0.15) is 5.78 Å². The molecule has 0 aliphatic carbocycles. The van der Waals surface area contributed by atoms with Crippen LogP contribution >= 0.6 is 11.3 Å². The predicted octanol–water partition coefficient (Wildman–Crippen LogP) is 6.95. The molecule has 1 fully saturated rings. The lowest BCUT2D eigenvalue weighted by Gasteiger charge is -2.34. The molecule has 1 amide bonds. The maximum atomic E-state index is 13.8. The van der Waals surface area contributed by atoms with Crippen molar-refractivity contribution in [3.05, 3.63) is 41.0 Å². The number of benzene rings is 1. The van der Waals surface area contributed by atoms with Crippen LogP contribution in [0.2, 0.25) is 0 Å². The summed E-state index contributed by atoms with van der Waals surface area (Å²) in [5, 5.41) is 10.5. The quantitative estimate of drug-likeness (QED) is 0.235. The zero-order valence-electron chi connectivity index (χ0n) is 25.1. The molecule has 6 nitrogen and oxygen atoms in total. The van der Waals surface area contributed by atoms with Gasteiger partial charge in [0.25, 0.3) is 0 Å². The Bertz CT molecular complexity index is 1120. The number of amides is 1. The third-order valence-corrected chi connectivity index (χ3v) is 9.12. The van der Waals surface area contributed by atoms with Crippen molar-refractivity contribution in [2.24, 2.45) is 11.3 Å². The first-order valence-corrected chi connectivity index (χ1v) is 15.9. The molecule has 2 heterocycles. The van der Waals surface area contributed by atoms with Crippen LogP contribution in [0.5, 0.6) is 0 Å². The molecule has 1 aliphatic rings. The highest BCUT2D eigenvalue weighted by atomic mass is 32.1. The summed E-state index contributed by atoms with van der Waals surface area (Å²) in [5.74, 6) is -0.604. The minimum absolute atomic E-state index is 0.0293. The molecule has 3 atom stereocenters. The van der Waals surface area contributed by atoms with Crippen molar-refractivity contribution >= 4 is 28.8 Å². The number of hydrogen-bond donors (Lipinski definition) is 1. The van der Waals surface area contributed by atoms with Gasteiger partial charge in [-0.25, -0.2) is 4.98 Å². The monoisotopic (exact) mass is 568 g/mol. The van der Waals surface area contributed by atoms with E-state index in [2.05, 4.69) is 24.0 Å². The average Bonchev–Trinajstić information content (AvgIpc) is 3.52. The van der Waals surface area contributed by atoms with E-state index in [9.17, 15) is 19.5 Å². The molecule has 7 heteroatoms. The van der Waals surface area contributed by atoms with Crippen LogP contribution in [0, 0.1) is 18.3 Å². The summed E-state index contributed by atoms with van der Waals surface area (Å²) in [7, 11) is 0. The summed E-state index contributed by atoms with van der Waals surface area (Å²) in [6, 6.07) is 7.57. The number of aliphatic hydroxyl groups excluding tert-OH is 1. The summed E-state index contributed by atoms with van der Waals surface area (Å²) in [6.45, 7) is 10.3. The molecule has 1 aromatic heterocycles. The van der Waals surface area contributed by atoms with Crippen molar-refractivity contribution in [2.45, 2.75) is 117 Å². The van der Waals surface area contributed by atoms with E-state index in [1.54, 1.807) is 16.2 Å². The Labute approximate surface area is 244 Å². The second kappa shape index (κ2) is 15.0. The second-order valence-electron chi connectivity index (χ2n) is 12.5. The molecule has 1 aromatic carbocycles. The lowest BCUT2D eigenvalue weighted by Crippen LogP contribution is -2.47. The van der Waals surface area contributed by atoms with Gasteiger partial charge in [0.05, 0.1) is 28.2 Å². The lowest BCUT2D eigenvalue weighted by atomic mass is 9.76. The van der Waals surface area contributed by atoms with Crippen molar-refractivity contribution in [3.8, 4) is 10.4 Å². The first-order valence-electron chi connectivity index (χ1n) is 15.0. The Balaban J connectivity index is 1.59. The lowest BCUT2D eigenvalue weighted by molar-refractivity contribution is -0.145. The molecule has 1 N–H and O–H groups in total. The second-order valence-corrected chi connectivity index (χ2v) is 13.4. The number of aromatic nitrogens is 1. The number of rotatable bonds is 15. The largest absolute Gasteiger partial charge is 0.391 e. The van der Waals surface area contributed by atoms with Crippen LogP contribution < -0.4 is 0 Å². The number of carbonyl (C=O) groups is 3. The topological polar surface area (TPSA) is 87.6 Å². The first kappa shape index (κ1) is 32.1. The van der Waals surface area contributed by atoms with Gasteiger partial charge in [0, 0.05) is 38.1 Å². The highest BCUT2D eigenvalue weighted by molar-refractivity contribution is 7.13. The zero-order chi connectivity index (χ0) is 29.3. The number of ketones is 2. The van der Waals surface area contributed by atoms with Crippen LogP contribution in [0.25, 0.3) is 10.4 Å². The van der Waals surface area contributed by atoms with Gasteiger partial charge in [-0.2, -0.15) is 0 Å². The predicted molar refractivity (Wildman–Crippen MR) is 162 cm³/mol. The highest BCUT2D eigenvalue weighted by Gasteiger charge is 2.43. The maximum absolute atomic E-state index is 13.8. The van der Waals surface area contributed by atoms with Crippen molar-refractivity contribution in [1.82, 2.24) is 9.88 Å². The van der Waals surface area contributed by atoms with Crippen LogP contribution in [0.1, 0.15) is 103 Å². The van der Waals surface area contributed by atoms with E-state index in [0.29, 0.717) is 19.3 Å². The third-order valence-electron chi connectivity index (χ3n) is 8.14. The van der Waals surface area contributed by atoms with Crippen molar-refractivity contribution in [1.29, 1.82) is 0 Å². The number of aryl methyl sites for hydroxylation is 2. The maximum Gasteiger partial charge on any atom is 0.227 e. The zero-order valence-corrected chi connectivity index (χ0v) is 25.9. The number of likely N-dealkylation sites (tertiary alicyclic amines) is 1. The van der Waals surface area contributed by atoms with Crippen LogP contribution in [0.15, 0.2) is 29.8 Å². The summed E-state index contributed by atoms with van der Waals surface area (Å²) in [5.41, 5.74) is 4.60. The molecule has 0 bridgehead atoms. The standard InChI is InChI=1S/C33H48N2O4S/c1-6-7-8-9-10-11-12-26(36)19-28(33(3,4)5)32(39)35-21-27(37)20-29(35)30(38)18-15-24-13-16-25(17-14-24)31-23(2)34-22-40-31/h13-14,16-17,22,27-29,37H,6-12,15,18-21H2,1-5H3/t27-,28-,29+/m1/s1. The summed E-state index contributed by atoms with van der Waals surface area (Å²) in [6.07, 6.45) is 7.80. The number of carbonyl (C=O) groups excluding carboxylic acids is 3. The van der Waals surface area contributed by atoms with Gasteiger partial charge < -0.3 is 10.0 Å². The molecule has 1 saturated heterocycles. The van der Waals surface area contributed by atoms with E-state index in [0.717, 1.165) is 41.0 Å². The number of Topliss-reactive ketones (excluding diaryl/α,β-unsaturated/α-hetero) is 2. The molecule has 0 saturated carbocycles. The highest BCUT2D eigenvalue weighted by Crippen LogP contribution is 2.34. The van der Waals surface area contributed by atoms with E-state index in [-0.39, 0.29) is 36.9 Å². The van der Waals surface area contributed by atoms with Gasteiger partial charge in [-0.05, 0) is 36.3 Å². The number of aliphatic hydroxyl groups is 1. The molecular formula is C33H48N2O4S. The first-order chi connectivity index (χ1) is 19.0. The van der Waals surface area contributed by atoms with Gasteiger partial charge in [-0.3, -0.25) is 14.4 Å². The number of hydrogen-bond acceptors (Lipinski definition) is 6. The number of β-amino-alcohol motifs (C(OH)–C–C–N with tert-alkyl or cyclic N) is 1. The fraction of sp³-hybridized carbons (Fsp3) is 0.636. The Kier molecular flexibility index (Phi) is 12.1. The summed E-state index contributed by atoms with van der Waals surface area (Å²) < 4.78 is 0. The number of thiazole rings is 1.